The monoisotopic (exact) mass is 366 g/mol. The molecule has 1 saturated heterocycles. The van der Waals surface area contributed by atoms with Crippen LogP contribution >= 0.6 is 0 Å². The van der Waals surface area contributed by atoms with Gasteiger partial charge in [0.1, 0.15) is 11.6 Å². The smallest absolute Gasteiger partial charge is 0.258 e. The number of amides is 1. The molecule has 1 N–H and O–H groups in total. The van der Waals surface area contributed by atoms with Crippen LogP contribution in [0.5, 0.6) is 0 Å². The van der Waals surface area contributed by atoms with E-state index in [-0.39, 0.29) is 17.3 Å². The van der Waals surface area contributed by atoms with Crippen molar-refractivity contribution in [2.45, 2.75) is 6.54 Å². The van der Waals surface area contributed by atoms with Crippen molar-refractivity contribution in [2.75, 3.05) is 26.2 Å². The summed E-state index contributed by atoms with van der Waals surface area (Å²) in [6.07, 6.45) is 0. The molecule has 1 aromatic heterocycles. The summed E-state index contributed by atoms with van der Waals surface area (Å²) in [5.41, 5.74) is 1.03. The summed E-state index contributed by atoms with van der Waals surface area (Å²) >= 11 is 0. The molecule has 1 fully saturated rings. The first-order valence-corrected chi connectivity index (χ1v) is 8.85. The fraction of sp³-hybridized carbons (Fsp3) is 0.250. The Kier molecular flexibility index (Phi) is 4.68. The second-order valence-electron chi connectivity index (χ2n) is 6.61. The van der Waals surface area contributed by atoms with Crippen LogP contribution in [-0.2, 0) is 6.54 Å². The standard InChI is InChI=1S/C20H19FN4O2/c21-15-7-5-14(6-8-15)20(27)25-11-9-24(10-12-25)13-18-22-17-4-2-1-3-16(17)19(26)23-18/h1-8H,9-13H2,(H,22,23,26). The first-order chi connectivity index (χ1) is 13.1. The van der Waals surface area contributed by atoms with E-state index in [4.69, 9.17) is 0 Å². The summed E-state index contributed by atoms with van der Waals surface area (Å²) in [6.45, 7) is 3.05. The molecule has 0 unspecified atom stereocenters. The zero-order valence-electron chi connectivity index (χ0n) is 14.7. The molecule has 138 valence electrons. The van der Waals surface area contributed by atoms with Crippen LogP contribution in [0, 0.1) is 5.82 Å². The lowest BCUT2D eigenvalue weighted by atomic mass is 10.2. The van der Waals surface area contributed by atoms with Gasteiger partial charge in [-0.3, -0.25) is 14.5 Å². The number of carbonyl (C=O) groups excluding carboxylic acids is 1. The van der Waals surface area contributed by atoms with E-state index in [1.165, 1.54) is 24.3 Å². The fourth-order valence-electron chi connectivity index (χ4n) is 3.31. The fourth-order valence-corrected chi connectivity index (χ4v) is 3.31. The molecule has 0 radical (unpaired) electrons. The number of H-pyrrole nitrogens is 1. The Morgan fingerprint density at radius 1 is 1.04 bits per heavy atom. The van der Waals surface area contributed by atoms with Crippen LogP contribution in [0.4, 0.5) is 4.39 Å². The molecule has 0 spiro atoms. The van der Waals surface area contributed by atoms with Crippen molar-refractivity contribution in [3.05, 3.63) is 76.1 Å². The van der Waals surface area contributed by atoms with Crippen LogP contribution in [0.1, 0.15) is 16.2 Å². The summed E-state index contributed by atoms with van der Waals surface area (Å²) in [6, 6.07) is 12.9. The van der Waals surface area contributed by atoms with Crippen molar-refractivity contribution in [3.8, 4) is 0 Å². The first-order valence-electron chi connectivity index (χ1n) is 8.85. The Morgan fingerprint density at radius 2 is 1.74 bits per heavy atom. The van der Waals surface area contributed by atoms with Gasteiger partial charge in [-0.1, -0.05) is 12.1 Å². The number of para-hydroxylation sites is 1. The number of hydrogen-bond acceptors (Lipinski definition) is 4. The molecule has 1 amide bonds. The van der Waals surface area contributed by atoms with Crippen LogP contribution in [-0.4, -0.2) is 51.9 Å². The normalized spacial score (nSPS) is 15.2. The molecular weight excluding hydrogens is 347 g/mol. The molecule has 0 bridgehead atoms. The number of aromatic amines is 1. The van der Waals surface area contributed by atoms with E-state index in [9.17, 15) is 14.0 Å². The lowest BCUT2D eigenvalue weighted by Crippen LogP contribution is -2.48. The number of nitrogens with one attached hydrogen (secondary N) is 1. The highest BCUT2D eigenvalue weighted by Crippen LogP contribution is 2.12. The summed E-state index contributed by atoms with van der Waals surface area (Å²) in [4.78, 5) is 35.9. The number of halogens is 1. The SMILES string of the molecule is O=C(c1ccc(F)cc1)N1CCN(Cc2nc3ccccc3c(=O)[nH]2)CC1. The molecule has 2 aromatic carbocycles. The van der Waals surface area contributed by atoms with E-state index in [1.807, 2.05) is 18.2 Å². The molecule has 3 aromatic rings. The molecule has 4 rings (SSSR count). The third-order valence-electron chi connectivity index (χ3n) is 4.79. The number of benzene rings is 2. The van der Waals surface area contributed by atoms with E-state index < -0.39 is 0 Å². The number of rotatable bonds is 3. The Bertz CT molecular complexity index is 1020. The minimum atomic E-state index is -0.353. The number of piperazine rings is 1. The Hall–Kier alpha value is -3.06. The molecule has 0 saturated carbocycles. The predicted molar refractivity (Wildman–Crippen MR) is 99.9 cm³/mol. The highest BCUT2D eigenvalue weighted by molar-refractivity contribution is 5.94. The topological polar surface area (TPSA) is 69.3 Å². The second kappa shape index (κ2) is 7.28. The van der Waals surface area contributed by atoms with Crippen molar-refractivity contribution in [1.82, 2.24) is 19.8 Å². The number of nitrogens with zero attached hydrogens (tertiary/aromatic N) is 3. The number of aromatic nitrogens is 2. The van der Waals surface area contributed by atoms with Gasteiger partial charge >= 0.3 is 0 Å². The van der Waals surface area contributed by atoms with E-state index >= 15 is 0 Å². The van der Waals surface area contributed by atoms with Gasteiger partial charge in [0.05, 0.1) is 17.4 Å². The van der Waals surface area contributed by atoms with Crippen molar-refractivity contribution in [3.63, 3.8) is 0 Å². The second-order valence-corrected chi connectivity index (χ2v) is 6.61. The highest BCUT2D eigenvalue weighted by atomic mass is 19.1. The lowest BCUT2D eigenvalue weighted by Gasteiger charge is -2.34. The molecule has 0 atom stereocenters. The van der Waals surface area contributed by atoms with Crippen LogP contribution in [0.3, 0.4) is 0 Å². The van der Waals surface area contributed by atoms with Gasteiger partial charge in [0.15, 0.2) is 0 Å². The van der Waals surface area contributed by atoms with E-state index in [2.05, 4.69) is 14.9 Å². The van der Waals surface area contributed by atoms with Gasteiger partial charge < -0.3 is 9.88 Å². The average Bonchev–Trinajstić information content (AvgIpc) is 2.69. The number of fused-ring (bicyclic) bond motifs is 1. The van der Waals surface area contributed by atoms with Crippen molar-refractivity contribution in [1.29, 1.82) is 0 Å². The molecule has 1 aliphatic rings. The van der Waals surface area contributed by atoms with Gasteiger partial charge in [-0.25, -0.2) is 9.37 Å². The van der Waals surface area contributed by atoms with Crippen molar-refractivity contribution in [2.24, 2.45) is 0 Å². The van der Waals surface area contributed by atoms with Gasteiger partial charge in [-0.05, 0) is 36.4 Å². The highest BCUT2D eigenvalue weighted by Gasteiger charge is 2.22. The minimum Gasteiger partial charge on any atom is -0.336 e. The van der Waals surface area contributed by atoms with Gasteiger partial charge in [-0.15, -0.1) is 0 Å². The molecule has 1 aliphatic heterocycles. The molecule has 6 nitrogen and oxygen atoms in total. The largest absolute Gasteiger partial charge is 0.336 e. The maximum absolute atomic E-state index is 13.0. The third kappa shape index (κ3) is 3.73. The van der Waals surface area contributed by atoms with E-state index in [0.717, 1.165) is 0 Å². The summed E-state index contributed by atoms with van der Waals surface area (Å²) < 4.78 is 13.0. The first kappa shape index (κ1) is 17.4. The predicted octanol–water partition coefficient (Wildman–Crippen LogP) is 2.02. The lowest BCUT2D eigenvalue weighted by molar-refractivity contribution is 0.0625. The van der Waals surface area contributed by atoms with Gasteiger partial charge in [0.25, 0.3) is 11.5 Å². The Balaban J connectivity index is 1.40. The molecule has 27 heavy (non-hydrogen) atoms. The number of carbonyl (C=O) groups is 1. The van der Waals surface area contributed by atoms with Gasteiger partial charge in [-0.2, -0.15) is 0 Å². The molecule has 7 heteroatoms. The summed E-state index contributed by atoms with van der Waals surface area (Å²) in [5, 5.41) is 0.580. The molecular formula is C20H19FN4O2. The quantitative estimate of drug-likeness (QED) is 0.770. The maximum atomic E-state index is 13.0. The van der Waals surface area contributed by atoms with Crippen LogP contribution in [0.15, 0.2) is 53.3 Å². The zero-order chi connectivity index (χ0) is 18.8. The molecule has 0 aliphatic carbocycles. The maximum Gasteiger partial charge on any atom is 0.258 e. The molecule has 2 heterocycles. The summed E-state index contributed by atoms with van der Waals surface area (Å²) in [5.74, 6) is 0.178. The summed E-state index contributed by atoms with van der Waals surface area (Å²) in [7, 11) is 0. The minimum absolute atomic E-state index is 0.0908. The van der Waals surface area contributed by atoms with E-state index in [0.29, 0.717) is 55.0 Å². The van der Waals surface area contributed by atoms with E-state index in [1.54, 1.807) is 11.0 Å². The average molecular weight is 366 g/mol. The third-order valence-corrected chi connectivity index (χ3v) is 4.79. The van der Waals surface area contributed by atoms with Crippen molar-refractivity contribution < 1.29 is 9.18 Å². The zero-order valence-corrected chi connectivity index (χ0v) is 14.7. The van der Waals surface area contributed by atoms with Crippen LogP contribution < -0.4 is 5.56 Å². The Labute approximate surface area is 155 Å². The Morgan fingerprint density at radius 3 is 2.48 bits per heavy atom. The van der Waals surface area contributed by atoms with Gasteiger partial charge in [0, 0.05) is 31.7 Å². The van der Waals surface area contributed by atoms with Crippen molar-refractivity contribution >= 4 is 16.8 Å². The van der Waals surface area contributed by atoms with Gasteiger partial charge in [0.2, 0.25) is 0 Å². The van der Waals surface area contributed by atoms with Crippen LogP contribution in [0.25, 0.3) is 10.9 Å². The number of hydrogen-bond donors (Lipinski definition) is 1. The van der Waals surface area contributed by atoms with Crippen LogP contribution in [0.2, 0.25) is 0 Å².